The number of hydrogen-bond acceptors (Lipinski definition) is 4. The van der Waals surface area contributed by atoms with Crippen molar-refractivity contribution in [2.45, 2.75) is 30.6 Å². The Bertz CT molecular complexity index is 684. The highest BCUT2D eigenvalue weighted by atomic mass is 35.5. The van der Waals surface area contributed by atoms with Gasteiger partial charge in [0.25, 0.3) is 0 Å². The zero-order valence-corrected chi connectivity index (χ0v) is 15.7. The van der Waals surface area contributed by atoms with Crippen molar-refractivity contribution in [3.63, 3.8) is 0 Å². The van der Waals surface area contributed by atoms with Crippen molar-refractivity contribution in [1.29, 1.82) is 0 Å². The van der Waals surface area contributed by atoms with Crippen LogP contribution in [0.5, 0.6) is 0 Å². The van der Waals surface area contributed by atoms with Gasteiger partial charge < -0.3 is 5.32 Å². The van der Waals surface area contributed by atoms with Crippen molar-refractivity contribution in [2.75, 3.05) is 39.0 Å². The van der Waals surface area contributed by atoms with Crippen molar-refractivity contribution in [3.8, 4) is 0 Å². The smallest absolute Gasteiger partial charge is 0.244 e. The predicted molar refractivity (Wildman–Crippen MR) is 95.9 cm³/mol. The van der Waals surface area contributed by atoms with Crippen LogP contribution in [0, 0.1) is 0 Å². The molecule has 1 amide bonds. The second-order valence-corrected chi connectivity index (χ2v) is 8.70. The molecule has 0 saturated carbocycles. The van der Waals surface area contributed by atoms with Gasteiger partial charge in [0, 0.05) is 19.8 Å². The van der Waals surface area contributed by atoms with Gasteiger partial charge in [-0.1, -0.05) is 24.4 Å². The van der Waals surface area contributed by atoms with E-state index in [0.29, 0.717) is 12.2 Å². The number of halogens is 1. The molecule has 24 heavy (non-hydrogen) atoms. The molecule has 0 bridgehead atoms. The fourth-order valence-electron chi connectivity index (χ4n) is 2.67. The second kappa shape index (κ2) is 8.29. The summed E-state index contributed by atoms with van der Waals surface area (Å²) in [4.78, 5) is 14.3. The average molecular weight is 374 g/mol. The predicted octanol–water partition coefficient (Wildman–Crippen LogP) is 2.40. The highest BCUT2D eigenvalue weighted by Crippen LogP contribution is 2.26. The molecule has 1 aliphatic rings. The van der Waals surface area contributed by atoms with E-state index in [0.717, 1.165) is 30.2 Å². The largest absolute Gasteiger partial charge is 0.325 e. The van der Waals surface area contributed by atoms with E-state index in [4.69, 9.17) is 11.6 Å². The van der Waals surface area contributed by atoms with Gasteiger partial charge in [-0.25, -0.2) is 12.7 Å². The molecule has 1 heterocycles. The summed E-state index contributed by atoms with van der Waals surface area (Å²) in [5.74, 6) is -0.146. The Morgan fingerprint density at radius 2 is 1.83 bits per heavy atom. The van der Waals surface area contributed by atoms with Gasteiger partial charge in [-0.3, -0.25) is 9.69 Å². The van der Waals surface area contributed by atoms with Crippen LogP contribution in [0.4, 0.5) is 5.69 Å². The fourth-order valence-corrected chi connectivity index (χ4v) is 4.07. The summed E-state index contributed by atoms with van der Waals surface area (Å²) < 4.78 is 25.6. The van der Waals surface area contributed by atoms with Crippen molar-refractivity contribution in [2.24, 2.45) is 0 Å². The maximum Gasteiger partial charge on any atom is 0.244 e. The van der Waals surface area contributed by atoms with E-state index in [9.17, 15) is 13.2 Å². The fraction of sp³-hybridized carbons (Fsp3) is 0.562. The number of hydrogen-bond donors (Lipinski definition) is 1. The van der Waals surface area contributed by atoms with Crippen LogP contribution in [0.1, 0.15) is 25.7 Å². The molecule has 1 aromatic rings. The van der Waals surface area contributed by atoms with Gasteiger partial charge >= 0.3 is 0 Å². The Hall–Kier alpha value is -1.15. The number of likely N-dealkylation sites (tertiary alicyclic amines) is 1. The number of carbonyl (C=O) groups excluding carboxylic acids is 1. The molecule has 1 N–H and O–H groups in total. The molecule has 0 aromatic heterocycles. The third-order valence-corrected chi connectivity index (χ3v) is 6.34. The van der Waals surface area contributed by atoms with E-state index in [1.54, 1.807) is 6.07 Å². The number of amides is 1. The Kier molecular flexibility index (Phi) is 6.62. The molecule has 1 saturated heterocycles. The molecule has 1 aromatic carbocycles. The van der Waals surface area contributed by atoms with Crippen LogP contribution in [0.2, 0.25) is 5.02 Å². The van der Waals surface area contributed by atoms with Gasteiger partial charge in [0.15, 0.2) is 0 Å². The number of sulfonamides is 1. The quantitative estimate of drug-likeness (QED) is 0.860. The Balaban J connectivity index is 2.08. The molecule has 6 nitrogen and oxygen atoms in total. The Morgan fingerprint density at radius 1 is 1.21 bits per heavy atom. The van der Waals surface area contributed by atoms with Gasteiger partial charge in [0.1, 0.15) is 4.90 Å². The van der Waals surface area contributed by atoms with Crippen molar-refractivity contribution < 1.29 is 13.2 Å². The first-order chi connectivity index (χ1) is 11.3. The van der Waals surface area contributed by atoms with Crippen LogP contribution in [0.15, 0.2) is 23.1 Å². The minimum atomic E-state index is -3.66. The summed E-state index contributed by atoms with van der Waals surface area (Å²) in [7, 11) is -0.777. The molecule has 0 aliphatic carbocycles. The lowest BCUT2D eigenvalue weighted by molar-refractivity contribution is -0.117. The Labute approximate surface area is 148 Å². The van der Waals surface area contributed by atoms with Crippen LogP contribution >= 0.6 is 11.6 Å². The van der Waals surface area contributed by atoms with Gasteiger partial charge in [0.2, 0.25) is 15.9 Å². The molecular weight excluding hydrogens is 350 g/mol. The highest BCUT2D eigenvalue weighted by Gasteiger charge is 2.21. The second-order valence-electron chi connectivity index (χ2n) is 6.17. The van der Waals surface area contributed by atoms with E-state index in [1.165, 1.54) is 39.1 Å². The number of rotatable bonds is 5. The highest BCUT2D eigenvalue weighted by molar-refractivity contribution is 7.89. The monoisotopic (exact) mass is 373 g/mol. The normalized spacial score (nSPS) is 16.8. The number of nitrogens with one attached hydrogen (secondary N) is 1. The number of carbonyl (C=O) groups is 1. The molecule has 8 heteroatoms. The number of nitrogens with zero attached hydrogens (tertiary/aromatic N) is 2. The van der Waals surface area contributed by atoms with E-state index in [-0.39, 0.29) is 15.8 Å². The summed E-state index contributed by atoms with van der Waals surface area (Å²) in [5, 5.41) is 2.90. The van der Waals surface area contributed by atoms with Crippen LogP contribution in [-0.4, -0.2) is 57.3 Å². The molecular formula is C16H24ClN3O3S. The van der Waals surface area contributed by atoms with E-state index in [2.05, 4.69) is 10.2 Å². The van der Waals surface area contributed by atoms with Gasteiger partial charge in [-0.15, -0.1) is 0 Å². The van der Waals surface area contributed by atoms with E-state index < -0.39 is 10.0 Å². The average Bonchev–Trinajstić information content (AvgIpc) is 2.77. The van der Waals surface area contributed by atoms with Crippen molar-refractivity contribution >= 4 is 33.2 Å². The van der Waals surface area contributed by atoms with Gasteiger partial charge in [0.05, 0.1) is 11.6 Å². The molecule has 134 valence electrons. The first-order valence-electron chi connectivity index (χ1n) is 8.05. The lowest BCUT2D eigenvalue weighted by atomic mass is 10.2. The lowest BCUT2D eigenvalue weighted by Gasteiger charge is -2.19. The first-order valence-corrected chi connectivity index (χ1v) is 9.87. The SMILES string of the molecule is CN(C)S(=O)(=O)c1cc(NC(=O)CN2CCCCCC2)ccc1Cl. The van der Waals surface area contributed by atoms with E-state index in [1.807, 2.05) is 0 Å². The van der Waals surface area contributed by atoms with Crippen molar-refractivity contribution in [3.05, 3.63) is 23.2 Å². The molecule has 2 rings (SSSR count). The van der Waals surface area contributed by atoms with Gasteiger partial charge in [-0.2, -0.15) is 0 Å². The molecule has 0 unspecified atom stereocenters. The van der Waals surface area contributed by atoms with E-state index >= 15 is 0 Å². The zero-order valence-electron chi connectivity index (χ0n) is 14.1. The van der Waals surface area contributed by atoms with Gasteiger partial charge in [-0.05, 0) is 44.1 Å². The first kappa shape index (κ1) is 19.2. The number of anilines is 1. The molecule has 0 spiro atoms. The van der Waals surface area contributed by atoms with Crippen LogP contribution in [0.25, 0.3) is 0 Å². The summed E-state index contributed by atoms with van der Waals surface area (Å²) in [6.45, 7) is 2.17. The topological polar surface area (TPSA) is 69.7 Å². The lowest BCUT2D eigenvalue weighted by Crippen LogP contribution is -2.34. The zero-order chi connectivity index (χ0) is 17.7. The number of benzene rings is 1. The minimum Gasteiger partial charge on any atom is -0.325 e. The van der Waals surface area contributed by atoms with Crippen LogP contribution in [0.3, 0.4) is 0 Å². The van der Waals surface area contributed by atoms with Crippen LogP contribution in [-0.2, 0) is 14.8 Å². The molecule has 0 radical (unpaired) electrons. The molecule has 0 atom stereocenters. The van der Waals surface area contributed by atoms with Crippen LogP contribution < -0.4 is 5.32 Å². The summed E-state index contributed by atoms with van der Waals surface area (Å²) in [6, 6.07) is 4.49. The third kappa shape index (κ3) is 4.92. The minimum absolute atomic E-state index is 0.0123. The summed E-state index contributed by atoms with van der Waals surface area (Å²) in [5.41, 5.74) is 0.430. The summed E-state index contributed by atoms with van der Waals surface area (Å²) >= 11 is 6.01. The Morgan fingerprint density at radius 3 is 2.42 bits per heavy atom. The molecule has 1 fully saturated rings. The maximum atomic E-state index is 12.3. The maximum absolute atomic E-state index is 12.3. The standard InChI is InChI=1S/C16H24ClN3O3S/c1-19(2)24(22,23)15-11-13(7-8-14(15)17)18-16(21)12-20-9-5-3-4-6-10-20/h7-8,11H,3-6,9-10,12H2,1-2H3,(H,18,21). The van der Waals surface area contributed by atoms with Crippen molar-refractivity contribution in [1.82, 2.24) is 9.21 Å². The molecule has 1 aliphatic heterocycles. The third-order valence-electron chi connectivity index (χ3n) is 4.04. The summed E-state index contributed by atoms with van der Waals surface area (Å²) in [6.07, 6.45) is 4.64.